The molecule has 1 fully saturated rings. The van der Waals surface area contributed by atoms with E-state index in [-0.39, 0.29) is 18.1 Å². The highest BCUT2D eigenvalue weighted by Crippen LogP contribution is 2.12. The Morgan fingerprint density at radius 2 is 2.47 bits per heavy atom. The van der Waals surface area contributed by atoms with Crippen molar-refractivity contribution in [2.24, 2.45) is 0 Å². The van der Waals surface area contributed by atoms with Crippen molar-refractivity contribution < 1.29 is 13.9 Å². The van der Waals surface area contributed by atoms with Crippen LogP contribution in [0.25, 0.3) is 0 Å². The molecular weight excluding hydrogens is 220 g/mol. The maximum atomic E-state index is 12.0. The summed E-state index contributed by atoms with van der Waals surface area (Å²) >= 11 is 0. The van der Waals surface area contributed by atoms with Crippen LogP contribution in [0.2, 0.25) is 0 Å². The molecule has 5 nitrogen and oxygen atoms in total. The Kier molecular flexibility index (Phi) is 3.81. The van der Waals surface area contributed by atoms with Gasteiger partial charge >= 0.3 is 0 Å². The molecule has 2 rings (SSSR count). The number of furan rings is 1. The van der Waals surface area contributed by atoms with Crippen molar-refractivity contribution >= 4 is 5.91 Å². The highest BCUT2D eigenvalue weighted by molar-refractivity contribution is 5.95. The predicted octanol–water partition coefficient (Wildman–Crippen LogP) is 0.559. The van der Waals surface area contributed by atoms with E-state index in [0.717, 1.165) is 18.8 Å². The molecular formula is C12H18N2O3. The summed E-state index contributed by atoms with van der Waals surface area (Å²) in [5.41, 5.74) is 0.620. The Morgan fingerprint density at radius 1 is 1.65 bits per heavy atom. The minimum absolute atomic E-state index is 0.0205. The largest absolute Gasteiger partial charge is 0.469 e. The molecule has 17 heavy (non-hydrogen) atoms. The van der Waals surface area contributed by atoms with Gasteiger partial charge in [0.15, 0.2) is 0 Å². The molecule has 0 spiro atoms. The Labute approximate surface area is 101 Å². The molecule has 5 heteroatoms. The Balaban J connectivity index is 2.01. The number of hydrogen-bond acceptors (Lipinski definition) is 4. The number of carbonyl (C=O) groups is 1. The molecule has 0 aromatic carbocycles. The standard InChI is InChI=1S/C12H18N2O3/c1-3-10-8(4-5-17-10)12(15)14-9-6-13-7-11(9)16-2/h4-5,9,11,13H,3,6-7H2,1-2H3,(H,14,15)/t9?,11-/m0/s1. The van der Waals surface area contributed by atoms with Crippen LogP contribution in [0.1, 0.15) is 23.0 Å². The van der Waals surface area contributed by atoms with Crippen LogP contribution in [0.4, 0.5) is 0 Å². The van der Waals surface area contributed by atoms with Crippen LogP contribution in [0.3, 0.4) is 0 Å². The van der Waals surface area contributed by atoms with Crippen LogP contribution in [0, 0.1) is 0 Å². The van der Waals surface area contributed by atoms with Gasteiger partial charge in [0.05, 0.1) is 24.0 Å². The lowest BCUT2D eigenvalue weighted by molar-refractivity contribution is 0.0778. The zero-order chi connectivity index (χ0) is 12.3. The van der Waals surface area contributed by atoms with E-state index in [1.807, 2.05) is 6.92 Å². The van der Waals surface area contributed by atoms with Crippen molar-refractivity contribution in [3.8, 4) is 0 Å². The number of hydrogen-bond donors (Lipinski definition) is 2. The third-order valence-electron chi connectivity index (χ3n) is 3.09. The predicted molar refractivity (Wildman–Crippen MR) is 63.0 cm³/mol. The summed E-state index contributed by atoms with van der Waals surface area (Å²) in [5.74, 6) is 0.633. The Morgan fingerprint density at radius 3 is 3.18 bits per heavy atom. The van der Waals surface area contributed by atoms with E-state index >= 15 is 0 Å². The molecule has 1 unspecified atom stereocenters. The van der Waals surface area contributed by atoms with Crippen molar-refractivity contribution in [3.05, 3.63) is 23.7 Å². The molecule has 1 aliphatic heterocycles. The van der Waals surface area contributed by atoms with Gasteiger partial charge in [-0.25, -0.2) is 0 Å². The summed E-state index contributed by atoms with van der Waals surface area (Å²) in [4.78, 5) is 12.0. The van der Waals surface area contributed by atoms with Crippen molar-refractivity contribution in [2.45, 2.75) is 25.5 Å². The third-order valence-corrected chi connectivity index (χ3v) is 3.09. The summed E-state index contributed by atoms with van der Waals surface area (Å²) < 4.78 is 10.5. The molecule has 1 aromatic rings. The number of carbonyl (C=O) groups excluding carboxylic acids is 1. The number of aryl methyl sites for hydroxylation is 1. The molecule has 0 aliphatic carbocycles. The average Bonchev–Trinajstić information content (AvgIpc) is 2.96. The number of methoxy groups -OCH3 is 1. The lowest BCUT2D eigenvalue weighted by Crippen LogP contribution is -2.43. The first-order valence-electron chi connectivity index (χ1n) is 5.87. The lowest BCUT2D eigenvalue weighted by Gasteiger charge is -2.18. The molecule has 1 amide bonds. The first-order chi connectivity index (χ1) is 8.26. The first kappa shape index (κ1) is 12.1. The van der Waals surface area contributed by atoms with E-state index in [9.17, 15) is 4.79 Å². The number of amides is 1. The van der Waals surface area contributed by atoms with Crippen LogP contribution in [0.15, 0.2) is 16.7 Å². The summed E-state index contributed by atoms with van der Waals surface area (Å²) in [6.07, 6.45) is 2.30. The second-order valence-electron chi connectivity index (χ2n) is 4.12. The molecule has 0 radical (unpaired) electrons. The van der Waals surface area contributed by atoms with Gasteiger partial charge < -0.3 is 19.8 Å². The molecule has 94 valence electrons. The van der Waals surface area contributed by atoms with E-state index in [4.69, 9.17) is 9.15 Å². The van der Waals surface area contributed by atoms with Gasteiger partial charge in [0.25, 0.3) is 5.91 Å². The fraction of sp³-hybridized carbons (Fsp3) is 0.583. The number of nitrogens with one attached hydrogen (secondary N) is 2. The van der Waals surface area contributed by atoms with Gasteiger partial charge in [-0.3, -0.25) is 4.79 Å². The minimum atomic E-state index is -0.0913. The van der Waals surface area contributed by atoms with Crippen molar-refractivity contribution in [1.82, 2.24) is 10.6 Å². The van der Waals surface area contributed by atoms with E-state index in [2.05, 4.69) is 10.6 Å². The molecule has 2 N–H and O–H groups in total. The minimum Gasteiger partial charge on any atom is -0.469 e. The summed E-state index contributed by atoms with van der Waals surface area (Å²) in [7, 11) is 1.66. The Bertz CT molecular complexity index is 389. The molecule has 0 saturated carbocycles. The highest BCUT2D eigenvalue weighted by atomic mass is 16.5. The second kappa shape index (κ2) is 5.33. The van der Waals surface area contributed by atoms with Gasteiger partial charge in [0, 0.05) is 26.6 Å². The van der Waals surface area contributed by atoms with Crippen molar-refractivity contribution in [1.29, 1.82) is 0 Å². The van der Waals surface area contributed by atoms with E-state index in [1.165, 1.54) is 0 Å². The van der Waals surface area contributed by atoms with Crippen LogP contribution in [-0.2, 0) is 11.2 Å². The maximum Gasteiger partial charge on any atom is 0.255 e. The van der Waals surface area contributed by atoms with Gasteiger partial charge in [-0.15, -0.1) is 0 Å². The van der Waals surface area contributed by atoms with Gasteiger partial charge in [-0.05, 0) is 6.07 Å². The van der Waals surface area contributed by atoms with Crippen LogP contribution in [0.5, 0.6) is 0 Å². The SMILES string of the molecule is CCc1occc1C(=O)NC1CNC[C@@H]1OC. The van der Waals surface area contributed by atoms with Gasteiger partial charge in [-0.2, -0.15) is 0 Å². The highest BCUT2D eigenvalue weighted by Gasteiger charge is 2.29. The van der Waals surface area contributed by atoms with Gasteiger partial charge in [0.1, 0.15) is 5.76 Å². The van der Waals surface area contributed by atoms with Crippen LogP contribution < -0.4 is 10.6 Å². The fourth-order valence-electron chi connectivity index (χ4n) is 2.11. The molecule has 1 saturated heterocycles. The summed E-state index contributed by atoms with van der Waals surface area (Å²) in [6.45, 7) is 3.47. The first-order valence-corrected chi connectivity index (χ1v) is 5.87. The molecule has 2 heterocycles. The maximum absolute atomic E-state index is 12.0. The number of rotatable bonds is 4. The summed E-state index contributed by atoms with van der Waals surface area (Å²) in [5, 5.41) is 6.16. The third kappa shape index (κ3) is 2.50. The van der Waals surface area contributed by atoms with E-state index in [1.54, 1.807) is 19.4 Å². The molecule has 1 aliphatic rings. The van der Waals surface area contributed by atoms with Crippen LogP contribution >= 0.6 is 0 Å². The normalized spacial score (nSPS) is 23.9. The lowest BCUT2D eigenvalue weighted by atomic mass is 10.1. The number of ether oxygens (including phenoxy) is 1. The van der Waals surface area contributed by atoms with Crippen molar-refractivity contribution in [3.63, 3.8) is 0 Å². The monoisotopic (exact) mass is 238 g/mol. The topological polar surface area (TPSA) is 63.5 Å². The fourth-order valence-corrected chi connectivity index (χ4v) is 2.11. The van der Waals surface area contributed by atoms with Gasteiger partial charge in [-0.1, -0.05) is 6.92 Å². The van der Waals surface area contributed by atoms with Crippen LogP contribution in [-0.4, -0.2) is 38.3 Å². The Hall–Kier alpha value is -1.33. The zero-order valence-corrected chi connectivity index (χ0v) is 10.2. The van der Waals surface area contributed by atoms with Crippen molar-refractivity contribution in [2.75, 3.05) is 20.2 Å². The van der Waals surface area contributed by atoms with Gasteiger partial charge in [0.2, 0.25) is 0 Å². The van der Waals surface area contributed by atoms with E-state index in [0.29, 0.717) is 12.0 Å². The molecule has 1 aromatic heterocycles. The summed E-state index contributed by atoms with van der Waals surface area (Å²) in [6, 6.07) is 1.73. The smallest absolute Gasteiger partial charge is 0.255 e. The average molecular weight is 238 g/mol. The van der Waals surface area contributed by atoms with E-state index < -0.39 is 0 Å². The quantitative estimate of drug-likeness (QED) is 0.804. The second-order valence-corrected chi connectivity index (χ2v) is 4.12. The zero-order valence-electron chi connectivity index (χ0n) is 10.2. The molecule has 2 atom stereocenters. The molecule has 0 bridgehead atoms.